The molecule has 6 nitrogen and oxygen atoms in total. The topological polar surface area (TPSA) is 84.8 Å². The highest BCUT2D eigenvalue weighted by Crippen LogP contribution is 2.19. The number of hydrogen-bond acceptors (Lipinski definition) is 5. The van der Waals surface area contributed by atoms with E-state index in [0.29, 0.717) is 16.7 Å². The third-order valence-electron chi connectivity index (χ3n) is 2.54. The summed E-state index contributed by atoms with van der Waals surface area (Å²) in [6, 6.07) is 8.69. The molecular formula is C14H12N2O4. The number of nitrogens with zero attached hydrogens (tertiary/aromatic N) is 2. The van der Waals surface area contributed by atoms with Crippen LogP contribution in [0.1, 0.15) is 12.5 Å². The number of nitriles is 1. The molecule has 0 aliphatic rings. The van der Waals surface area contributed by atoms with Gasteiger partial charge in [0.25, 0.3) is 0 Å². The van der Waals surface area contributed by atoms with E-state index in [-0.39, 0.29) is 17.7 Å². The largest absolute Gasteiger partial charge is 0.497 e. The predicted octanol–water partition coefficient (Wildman–Crippen LogP) is 2.37. The summed E-state index contributed by atoms with van der Waals surface area (Å²) in [5.74, 6) is 0.605. The lowest BCUT2D eigenvalue weighted by Crippen LogP contribution is -2.11. The van der Waals surface area contributed by atoms with Gasteiger partial charge in [-0.25, -0.2) is 4.79 Å². The highest BCUT2D eigenvalue weighted by molar-refractivity contribution is 5.79. The molecular weight excluding hydrogens is 260 g/mol. The Morgan fingerprint density at radius 3 is 2.90 bits per heavy atom. The van der Waals surface area contributed by atoms with Gasteiger partial charge in [-0.1, -0.05) is 0 Å². The van der Waals surface area contributed by atoms with E-state index in [2.05, 4.69) is 4.99 Å². The maximum Gasteiger partial charge on any atom is 0.436 e. The zero-order valence-electron chi connectivity index (χ0n) is 11.0. The minimum atomic E-state index is -0.796. The Bertz CT molecular complexity index is 756. The van der Waals surface area contributed by atoms with Crippen LogP contribution in [0.3, 0.4) is 0 Å². The van der Waals surface area contributed by atoms with Gasteiger partial charge < -0.3 is 13.9 Å². The molecule has 0 saturated carbocycles. The average Bonchev–Trinajstić information content (AvgIpc) is 2.46. The minimum Gasteiger partial charge on any atom is -0.497 e. The van der Waals surface area contributed by atoms with Gasteiger partial charge in [-0.05, 0) is 25.1 Å². The average molecular weight is 272 g/mol. The maximum atomic E-state index is 11.4. The molecule has 0 saturated heterocycles. The van der Waals surface area contributed by atoms with Gasteiger partial charge in [-0.2, -0.15) is 5.26 Å². The fraction of sp³-hybridized carbons (Fsp3) is 0.214. The lowest BCUT2D eigenvalue weighted by molar-refractivity contribution is 0.161. The van der Waals surface area contributed by atoms with Crippen molar-refractivity contribution < 1.29 is 18.7 Å². The van der Waals surface area contributed by atoms with Crippen molar-refractivity contribution in [2.75, 3.05) is 13.7 Å². The first-order chi connectivity index (χ1) is 9.67. The van der Waals surface area contributed by atoms with Crippen molar-refractivity contribution >= 4 is 17.1 Å². The fourth-order valence-electron chi connectivity index (χ4n) is 1.63. The van der Waals surface area contributed by atoms with Crippen LogP contribution in [-0.2, 0) is 4.74 Å². The van der Waals surface area contributed by atoms with Crippen LogP contribution in [0, 0.1) is 11.3 Å². The second kappa shape index (κ2) is 5.89. The van der Waals surface area contributed by atoms with Gasteiger partial charge in [0.2, 0.25) is 5.55 Å². The summed E-state index contributed by atoms with van der Waals surface area (Å²) in [5, 5.41) is 9.79. The smallest absolute Gasteiger partial charge is 0.436 e. The van der Waals surface area contributed by atoms with Crippen molar-refractivity contribution in [1.29, 1.82) is 5.26 Å². The van der Waals surface area contributed by atoms with Gasteiger partial charge in [-0.15, -0.1) is 4.99 Å². The summed E-state index contributed by atoms with van der Waals surface area (Å²) in [7, 11) is 1.54. The molecule has 0 fully saturated rings. The van der Waals surface area contributed by atoms with Crippen LogP contribution in [-0.4, -0.2) is 19.8 Å². The van der Waals surface area contributed by atoms with Gasteiger partial charge in [0.05, 0.1) is 13.7 Å². The first-order valence-electron chi connectivity index (χ1n) is 5.91. The second-order valence-electron chi connectivity index (χ2n) is 3.79. The molecule has 102 valence electrons. The number of ether oxygens (including phenoxy) is 2. The van der Waals surface area contributed by atoms with Crippen LogP contribution in [0.25, 0.3) is 11.0 Å². The van der Waals surface area contributed by atoms with Crippen molar-refractivity contribution in [1.82, 2.24) is 0 Å². The lowest BCUT2D eigenvalue weighted by atomic mass is 10.2. The molecule has 1 aromatic carbocycles. The Labute approximate surface area is 114 Å². The van der Waals surface area contributed by atoms with E-state index in [4.69, 9.17) is 19.2 Å². The van der Waals surface area contributed by atoms with Gasteiger partial charge in [0.15, 0.2) is 0 Å². The molecule has 0 spiro atoms. The van der Waals surface area contributed by atoms with Crippen LogP contribution in [0.4, 0.5) is 4.79 Å². The molecule has 0 aliphatic carbocycles. The molecule has 2 aromatic rings. The fourth-order valence-corrected chi connectivity index (χ4v) is 1.63. The molecule has 1 heterocycles. The molecule has 1 aromatic heterocycles. The van der Waals surface area contributed by atoms with Crippen molar-refractivity contribution in [3.8, 4) is 11.8 Å². The molecule has 6 heteroatoms. The Morgan fingerprint density at radius 2 is 2.25 bits per heavy atom. The third kappa shape index (κ3) is 2.78. The number of fused-ring (bicyclic) bond motifs is 1. The normalized spacial score (nSPS) is 11.2. The first-order valence-corrected chi connectivity index (χ1v) is 5.91. The van der Waals surface area contributed by atoms with Crippen molar-refractivity contribution in [2.24, 2.45) is 4.99 Å². The molecule has 1 amide bonds. The van der Waals surface area contributed by atoms with Crippen molar-refractivity contribution in [2.45, 2.75) is 6.92 Å². The number of amides is 1. The number of rotatable bonds is 2. The van der Waals surface area contributed by atoms with Crippen LogP contribution in [0.2, 0.25) is 0 Å². The summed E-state index contributed by atoms with van der Waals surface area (Å²) < 4.78 is 15.3. The van der Waals surface area contributed by atoms with E-state index in [1.54, 1.807) is 31.2 Å². The van der Waals surface area contributed by atoms with Gasteiger partial charge >= 0.3 is 6.09 Å². The zero-order chi connectivity index (χ0) is 14.5. The predicted molar refractivity (Wildman–Crippen MR) is 70.1 cm³/mol. The highest BCUT2D eigenvalue weighted by atomic mass is 16.5. The molecule has 2 rings (SSSR count). The van der Waals surface area contributed by atoms with Gasteiger partial charge in [-0.3, -0.25) is 0 Å². The summed E-state index contributed by atoms with van der Waals surface area (Å²) in [4.78, 5) is 15.0. The van der Waals surface area contributed by atoms with E-state index >= 15 is 0 Å². The van der Waals surface area contributed by atoms with E-state index in [9.17, 15) is 4.79 Å². The number of methoxy groups -OCH3 is 1. The lowest BCUT2D eigenvalue weighted by Gasteiger charge is -2.02. The standard InChI is InChI=1S/C14H12N2O4/c1-3-19-14(17)16-13-10(8-15)6-9-4-5-11(18-2)7-12(9)20-13/h4-7H,3H2,1-2H3/b16-13-. The molecule has 20 heavy (non-hydrogen) atoms. The Morgan fingerprint density at radius 1 is 1.45 bits per heavy atom. The third-order valence-corrected chi connectivity index (χ3v) is 2.54. The van der Waals surface area contributed by atoms with Crippen LogP contribution < -0.4 is 10.3 Å². The maximum absolute atomic E-state index is 11.4. The number of carbonyl (C=O) groups is 1. The molecule has 0 unspecified atom stereocenters. The summed E-state index contributed by atoms with van der Waals surface area (Å²) in [6.45, 7) is 1.87. The van der Waals surface area contributed by atoms with Crippen LogP contribution >= 0.6 is 0 Å². The zero-order valence-corrected chi connectivity index (χ0v) is 11.0. The molecule has 0 N–H and O–H groups in total. The van der Waals surface area contributed by atoms with Crippen molar-refractivity contribution in [3.63, 3.8) is 0 Å². The van der Waals surface area contributed by atoms with E-state index in [1.807, 2.05) is 6.07 Å². The minimum absolute atomic E-state index is 0.0771. The molecule has 0 bridgehead atoms. The van der Waals surface area contributed by atoms with Crippen LogP contribution in [0.15, 0.2) is 33.7 Å². The monoisotopic (exact) mass is 272 g/mol. The Hall–Kier alpha value is -2.81. The van der Waals surface area contributed by atoms with E-state index in [0.717, 1.165) is 0 Å². The molecule has 0 radical (unpaired) electrons. The number of benzene rings is 1. The Balaban J connectivity index is 2.64. The van der Waals surface area contributed by atoms with E-state index in [1.165, 1.54) is 7.11 Å². The quantitative estimate of drug-likeness (QED) is 0.837. The summed E-state index contributed by atoms with van der Waals surface area (Å²) in [5.41, 5.74) is 0.550. The SMILES string of the molecule is CCOC(=O)/N=c1\oc2cc(OC)ccc2cc1C#N. The summed E-state index contributed by atoms with van der Waals surface area (Å²) in [6.07, 6.45) is -0.796. The van der Waals surface area contributed by atoms with Gasteiger partial charge in [0, 0.05) is 11.5 Å². The molecule has 0 atom stereocenters. The highest BCUT2D eigenvalue weighted by Gasteiger charge is 2.07. The van der Waals surface area contributed by atoms with E-state index < -0.39 is 6.09 Å². The number of hydrogen-bond donors (Lipinski definition) is 0. The van der Waals surface area contributed by atoms with Gasteiger partial charge in [0.1, 0.15) is 23.0 Å². The first kappa shape index (κ1) is 13.6. The summed E-state index contributed by atoms with van der Waals surface area (Å²) >= 11 is 0. The second-order valence-corrected chi connectivity index (χ2v) is 3.79. The van der Waals surface area contributed by atoms with Crippen LogP contribution in [0.5, 0.6) is 5.75 Å². The number of carbonyl (C=O) groups excluding carboxylic acids is 1. The Kier molecular flexibility index (Phi) is 4.01. The van der Waals surface area contributed by atoms with Crippen molar-refractivity contribution in [3.05, 3.63) is 35.4 Å². The molecule has 0 aliphatic heterocycles.